The molecule has 5 amide bonds. The molecule has 1 aliphatic heterocycles. The van der Waals surface area contributed by atoms with Crippen molar-refractivity contribution < 1.29 is 53.3 Å². The highest BCUT2D eigenvalue weighted by atomic mass is 19.1. The fourth-order valence-electron chi connectivity index (χ4n) is 4.38. The molecule has 232 valence electrons. The van der Waals surface area contributed by atoms with E-state index < -0.39 is 73.8 Å². The molecule has 0 aromatic carbocycles. The highest BCUT2D eigenvalue weighted by Gasteiger charge is 2.48. The van der Waals surface area contributed by atoms with E-state index in [0.29, 0.717) is 49.2 Å². The Morgan fingerprint density at radius 2 is 1.52 bits per heavy atom. The van der Waals surface area contributed by atoms with Gasteiger partial charge in [0.25, 0.3) is 0 Å². The van der Waals surface area contributed by atoms with Crippen LogP contribution >= 0.6 is 0 Å². The summed E-state index contributed by atoms with van der Waals surface area (Å²) in [5, 5.41) is 38.6. The van der Waals surface area contributed by atoms with E-state index in [2.05, 4.69) is 15.6 Å². The van der Waals surface area contributed by atoms with Crippen molar-refractivity contribution in [3.63, 3.8) is 0 Å². The van der Waals surface area contributed by atoms with Crippen LogP contribution in [-0.2, 0) is 41.7 Å². The zero-order valence-electron chi connectivity index (χ0n) is 22.9. The monoisotopic (exact) mass is 598 g/mol. The van der Waals surface area contributed by atoms with Crippen LogP contribution < -0.4 is 5.32 Å². The Morgan fingerprint density at radius 3 is 2.12 bits per heavy atom. The van der Waals surface area contributed by atoms with E-state index in [1.54, 1.807) is 10.9 Å². The van der Waals surface area contributed by atoms with Crippen LogP contribution in [0.15, 0.2) is 6.20 Å². The number of imide groups is 2. The van der Waals surface area contributed by atoms with Gasteiger partial charge in [0.15, 0.2) is 0 Å². The number of carbonyl (C=O) groups is 7. The number of aromatic nitrogens is 3. The number of aryl methyl sites for hydroxylation is 2. The molecule has 1 aliphatic rings. The van der Waals surface area contributed by atoms with E-state index in [1.807, 2.05) is 0 Å². The van der Waals surface area contributed by atoms with Crippen LogP contribution in [0.4, 0.5) is 9.18 Å². The van der Waals surface area contributed by atoms with Crippen molar-refractivity contribution in [1.82, 2.24) is 30.1 Å². The third-order valence-electron chi connectivity index (χ3n) is 6.50. The number of carbonyl (C=O) groups excluding carboxylic acids is 4. The van der Waals surface area contributed by atoms with E-state index in [1.165, 1.54) is 0 Å². The first-order valence-corrected chi connectivity index (χ1v) is 13.5. The molecular formula is C25H35FN6O10. The number of carboxylic acid groups (broad SMARTS) is 3. The topological polar surface area (TPSA) is 229 Å². The van der Waals surface area contributed by atoms with Crippen molar-refractivity contribution in [2.75, 3.05) is 13.2 Å². The Morgan fingerprint density at radius 1 is 0.881 bits per heavy atom. The van der Waals surface area contributed by atoms with E-state index in [9.17, 15) is 48.2 Å². The third-order valence-corrected chi connectivity index (χ3v) is 6.50. The maximum absolute atomic E-state index is 13.0. The van der Waals surface area contributed by atoms with Crippen LogP contribution in [0.1, 0.15) is 69.9 Å². The maximum Gasteiger partial charge on any atom is 0.335 e. The number of hydrogen-bond donors (Lipinski definition) is 4. The molecule has 1 aromatic rings. The zero-order chi connectivity index (χ0) is 31.2. The molecule has 2 unspecified atom stereocenters. The third kappa shape index (κ3) is 10.2. The van der Waals surface area contributed by atoms with Gasteiger partial charge < -0.3 is 20.6 Å². The Kier molecular flexibility index (Phi) is 13.5. The predicted molar refractivity (Wildman–Crippen MR) is 138 cm³/mol. The van der Waals surface area contributed by atoms with Crippen LogP contribution in [0, 0.1) is 0 Å². The van der Waals surface area contributed by atoms with Gasteiger partial charge in [-0.3, -0.25) is 28.3 Å². The quantitative estimate of drug-likeness (QED) is 0.119. The van der Waals surface area contributed by atoms with Crippen LogP contribution in [0.25, 0.3) is 0 Å². The van der Waals surface area contributed by atoms with Gasteiger partial charge in [-0.25, -0.2) is 24.2 Å². The molecule has 1 fully saturated rings. The molecule has 4 N–H and O–H groups in total. The molecule has 0 saturated carbocycles. The molecule has 0 aliphatic carbocycles. The van der Waals surface area contributed by atoms with Gasteiger partial charge in [-0.1, -0.05) is 5.21 Å². The van der Waals surface area contributed by atoms with Gasteiger partial charge in [-0.15, -0.1) is 5.10 Å². The van der Waals surface area contributed by atoms with Crippen molar-refractivity contribution in [3.05, 3.63) is 11.9 Å². The summed E-state index contributed by atoms with van der Waals surface area (Å²) in [6, 6.07) is -5.02. The molecule has 0 bridgehead atoms. The van der Waals surface area contributed by atoms with Crippen molar-refractivity contribution in [2.45, 2.75) is 89.3 Å². The van der Waals surface area contributed by atoms with Gasteiger partial charge in [-0.2, -0.15) is 0 Å². The first kappa shape index (κ1) is 33.8. The molecule has 2 atom stereocenters. The van der Waals surface area contributed by atoms with Crippen LogP contribution in [0.3, 0.4) is 0 Å². The number of barbiturate groups is 1. The van der Waals surface area contributed by atoms with Crippen molar-refractivity contribution >= 4 is 41.7 Å². The lowest BCUT2D eigenvalue weighted by molar-refractivity contribution is -0.158. The minimum Gasteiger partial charge on any atom is -0.481 e. The fraction of sp³-hybridized carbons (Fsp3) is 0.640. The lowest BCUT2D eigenvalue weighted by Gasteiger charge is -2.38. The normalized spacial score (nSPS) is 15.0. The second-order valence-corrected chi connectivity index (χ2v) is 9.70. The lowest BCUT2D eigenvalue weighted by Crippen LogP contribution is -2.63. The summed E-state index contributed by atoms with van der Waals surface area (Å²) in [5.41, 5.74) is 0.704. The first-order chi connectivity index (χ1) is 20.0. The molecule has 16 nitrogen and oxygen atoms in total. The number of nitrogens with zero attached hydrogens (tertiary/aromatic N) is 5. The Labute approximate surface area is 239 Å². The minimum atomic E-state index is -1.89. The second kappa shape index (κ2) is 16.7. The van der Waals surface area contributed by atoms with E-state index in [0.717, 1.165) is 0 Å². The average molecular weight is 599 g/mol. The molecule has 0 spiro atoms. The van der Waals surface area contributed by atoms with Crippen molar-refractivity contribution in [3.8, 4) is 0 Å². The smallest absolute Gasteiger partial charge is 0.335 e. The molecular weight excluding hydrogens is 563 g/mol. The number of urea groups is 1. The van der Waals surface area contributed by atoms with Gasteiger partial charge in [0.05, 0.1) is 12.4 Å². The minimum absolute atomic E-state index is 0.167. The molecule has 42 heavy (non-hydrogen) atoms. The summed E-state index contributed by atoms with van der Waals surface area (Å²) in [5.74, 6) is -7.07. The second-order valence-electron chi connectivity index (χ2n) is 9.70. The fourth-order valence-corrected chi connectivity index (χ4v) is 4.38. The molecule has 17 heteroatoms. The number of carboxylic acids is 3. The average Bonchev–Trinajstić information content (AvgIpc) is 3.37. The van der Waals surface area contributed by atoms with Crippen LogP contribution in [0.5, 0.6) is 0 Å². The van der Waals surface area contributed by atoms with Crippen molar-refractivity contribution in [1.29, 1.82) is 0 Å². The van der Waals surface area contributed by atoms with Gasteiger partial charge in [0.1, 0.15) is 18.5 Å². The molecule has 1 aromatic heterocycles. The van der Waals surface area contributed by atoms with Crippen LogP contribution in [0.2, 0.25) is 0 Å². The highest BCUT2D eigenvalue weighted by molar-refractivity contribution is 6.16. The van der Waals surface area contributed by atoms with Crippen molar-refractivity contribution in [2.24, 2.45) is 0 Å². The highest BCUT2D eigenvalue weighted by Crippen LogP contribution is 2.23. The van der Waals surface area contributed by atoms with E-state index in [4.69, 9.17) is 5.11 Å². The number of nitrogens with one attached hydrogen (secondary N) is 1. The number of amides is 5. The zero-order valence-corrected chi connectivity index (χ0v) is 22.9. The summed E-state index contributed by atoms with van der Waals surface area (Å²) >= 11 is 0. The number of hydrogen-bond acceptors (Lipinski definition) is 9. The molecule has 2 rings (SSSR count). The summed E-state index contributed by atoms with van der Waals surface area (Å²) in [6.07, 6.45) is 2.13. The van der Waals surface area contributed by atoms with Gasteiger partial charge in [0, 0.05) is 32.1 Å². The van der Waals surface area contributed by atoms with Gasteiger partial charge in [0.2, 0.25) is 17.7 Å². The molecule has 0 radical (unpaired) electrons. The van der Waals surface area contributed by atoms with E-state index in [-0.39, 0.29) is 36.6 Å². The number of aliphatic carboxylic acids is 3. The van der Waals surface area contributed by atoms with E-state index >= 15 is 0 Å². The first-order valence-electron chi connectivity index (χ1n) is 13.5. The Hall–Kier alpha value is -4.44. The lowest BCUT2D eigenvalue weighted by atomic mass is 10.0. The standard InChI is InChI=1S/C25H35FN6O10/c26-11-5-6-16-15-30(29-28-16)13-4-2-8-19(33)27-12-3-1-7-17(23(38)39)31-20(34)14-21(35)32(25(31)42)18(24(40)41)9-10-22(36)37/h15,17-18H,1-14H2,(H,27,33)(H,36,37)(H,38,39)(H,40,41). The number of halogens is 1. The molecule has 1 saturated heterocycles. The predicted octanol–water partition coefficient (Wildman–Crippen LogP) is 0.589. The van der Waals surface area contributed by atoms with Gasteiger partial charge in [-0.05, 0) is 51.4 Å². The SMILES string of the molecule is O=C(O)CCC(C(=O)O)N1C(=O)CC(=O)N(C(CCCCNC(=O)CCCCn2cc(CCCF)nn2)C(=O)O)C1=O. The summed E-state index contributed by atoms with van der Waals surface area (Å²) < 4.78 is 13.9. The number of alkyl halides is 1. The largest absolute Gasteiger partial charge is 0.481 e. The maximum atomic E-state index is 13.0. The Bertz CT molecular complexity index is 1160. The van der Waals surface area contributed by atoms with Crippen LogP contribution in [-0.4, -0.2) is 107 Å². The summed E-state index contributed by atoms with van der Waals surface area (Å²) in [7, 11) is 0. The summed E-state index contributed by atoms with van der Waals surface area (Å²) in [6.45, 7) is 0.332. The summed E-state index contributed by atoms with van der Waals surface area (Å²) in [4.78, 5) is 84.9. The Balaban J connectivity index is 1.81. The van der Waals surface area contributed by atoms with Gasteiger partial charge >= 0.3 is 23.9 Å². The number of unbranched alkanes of at least 4 members (excludes halogenated alkanes) is 2. The molecule has 2 heterocycles. The number of rotatable bonds is 20.